The summed E-state index contributed by atoms with van der Waals surface area (Å²) in [6.07, 6.45) is 7.50. The Morgan fingerprint density at radius 1 is 1.19 bits per heavy atom. The van der Waals surface area contributed by atoms with Crippen molar-refractivity contribution in [2.24, 2.45) is 12.0 Å². The number of aromatic nitrogens is 4. The number of aliphatic imine (C=N–C) groups is 1. The molecule has 3 aromatic rings. The van der Waals surface area contributed by atoms with E-state index >= 15 is 0 Å². The van der Waals surface area contributed by atoms with E-state index in [0.29, 0.717) is 19.7 Å². The number of methoxy groups -OCH3 is 1. The van der Waals surface area contributed by atoms with Gasteiger partial charge in [0.25, 0.3) is 0 Å². The zero-order valence-corrected chi connectivity index (χ0v) is 14.8. The Labute approximate surface area is 151 Å². The average Bonchev–Trinajstić information content (AvgIpc) is 3.28. The van der Waals surface area contributed by atoms with Crippen LogP contribution in [0.1, 0.15) is 16.7 Å². The Kier molecular flexibility index (Phi) is 4.45. The zero-order chi connectivity index (χ0) is 17.9. The standard InChI is InChI=1S/C19H20N6O/c1-25-12-15(11-24-25)17-8-16-14(9-22-17)10-23-19(16)13-3-4-20-18(7-13)21-5-6-26-2/h3-4,7-9,11-12H,5-6,10H2,1-2H3,(H,20,21). The number of hydrogen-bond acceptors (Lipinski definition) is 6. The topological polar surface area (TPSA) is 77.2 Å². The summed E-state index contributed by atoms with van der Waals surface area (Å²) in [4.78, 5) is 13.7. The van der Waals surface area contributed by atoms with E-state index in [1.807, 2.05) is 37.8 Å². The molecule has 7 nitrogen and oxygen atoms in total. The fraction of sp³-hybridized carbons (Fsp3) is 0.263. The van der Waals surface area contributed by atoms with Gasteiger partial charge >= 0.3 is 0 Å². The molecule has 0 unspecified atom stereocenters. The van der Waals surface area contributed by atoms with Gasteiger partial charge in [0, 0.05) is 61.5 Å². The highest BCUT2D eigenvalue weighted by molar-refractivity contribution is 6.15. The quantitative estimate of drug-likeness (QED) is 0.692. The van der Waals surface area contributed by atoms with Crippen LogP contribution in [0.5, 0.6) is 0 Å². The third kappa shape index (κ3) is 3.21. The fourth-order valence-electron chi connectivity index (χ4n) is 2.99. The lowest BCUT2D eigenvalue weighted by Crippen LogP contribution is -2.10. The minimum Gasteiger partial charge on any atom is -0.383 e. The minimum absolute atomic E-state index is 0.635. The molecule has 1 N–H and O–H groups in total. The van der Waals surface area contributed by atoms with E-state index in [2.05, 4.69) is 26.4 Å². The minimum atomic E-state index is 0.635. The van der Waals surface area contributed by atoms with E-state index in [0.717, 1.165) is 39.5 Å². The van der Waals surface area contributed by atoms with Gasteiger partial charge in [-0.1, -0.05) is 0 Å². The number of nitrogens with one attached hydrogen (secondary N) is 1. The highest BCUT2D eigenvalue weighted by atomic mass is 16.5. The number of rotatable bonds is 6. The van der Waals surface area contributed by atoms with E-state index < -0.39 is 0 Å². The number of pyridine rings is 2. The lowest BCUT2D eigenvalue weighted by molar-refractivity contribution is 0.210. The number of ether oxygens (including phenoxy) is 1. The summed E-state index contributed by atoms with van der Waals surface area (Å²) in [7, 11) is 3.59. The Morgan fingerprint density at radius 2 is 2.12 bits per heavy atom. The summed E-state index contributed by atoms with van der Waals surface area (Å²) < 4.78 is 6.85. The summed E-state index contributed by atoms with van der Waals surface area (Å²) in [6, 6.07) is 6.10. The van der Waals surface area contributed by atoms with Gasteiger partial charge in [-0.05, 0) is 18.2 Å². The Hall–Kier alpha value is -3.06. The molecule has 1 aliphatic rings. The molecule has 0 bridgehead atoms. The SMILES string of the molecule is COCCNc1cc(C2=NCc3cnc(-c4cnn(C)c4)cc32)ccn1. The average molecular weight is 348 g/mol. The second-order valence-electron chi connectivity index (χ2n) is 6.14. The van der Waals surface area contributed by atoms with Crippen molar-refractivity contribution >= 4 is 11.5 Å². The first-order valence-electron chi connectivity index (χ1n) is 8.46. The molecule has 0 spiro atoms. The molecule has 4 heterocycles. The largest absolute Gasteiger partial charge is 0.383 e. The van der Waals surface area contributed by atoms with E-state index in [1.165, 1.54) is 0 Å². The molecule has 0 fully saturated rings. The fourth-order valence-corrected chi connectivity index (χ4v) is 2.99. The third-order valence-corrected chi connectivity index (χ3v) is 4.30. The summed E-state index contributed by atoms with van der Waals surface area (Å²) in [5.41, 5.74) is 6.18. The number of anilines is 1. The van der Waals surface area contributed by atoms with Gasteiger partial charge in [0.2, 0.25) is 0 Å². The van der Waals surface area contributed by atoms with Crippen molar-refractivity contribution in [2.45, 2.75) is 6.54 Å². The first kappa shape index (κ1) is 16.4. The molecular formula is C19H20N6O. The van der Waals surface area contributed by atoms with Gasteiger partial charge in [-0.3, -0.25) is 14.7 Å². The van der Waals surface area contributed by atoms with Crippen LogP contribution >= 0.6 is 0 Å². The van der Waals surface area contributed by atoms with Crippen LogP contribution in [-0.4, -0.2) is 45.7 Å². The molecule has 132 valence electrons. The smallest absolute Gasteiger partial charge is 0.126 e. The molecule has 0 atom stereocenters. The second kappa shape index (κ2) is 7.05. The summed E-state index contributed by atoms with van der Waals surface area (Å²) >= 11 is 0. The highest BCUT2D eigenvalue weighted by Gasteiger charge is 2.19. The first-order chi connectivity index (χ1) is 12.7. The van der Waals surface area contributed by atoms with Crippen molar-refractivity contribution in [3.8, 4) is 11.3 Å². The molecule has 7 heteroatoms. The van der Waals surface area contributed by atoms with Crippen LogP contribution in [-0.2, 0) is 18.3 Å². The van der Waals surface area contributed by atoms with Gasteiger partial charge in [0.1, 0.15) is 5.82 Å². The molecule has 0 saturated carbocycles. The highest BCUT2D eigenvalue weighted by Crippen LogP contribution is 2.27. The molecule has 0 saturated heterocycles. The maximum Gasteiger partial charge on any atom is 0.126 e. The van der Waals surface area contributed by atoms with E-state index in [-0.39, 0.29) is 0 Å². The van der Waals surface area contributed by atoms with Crippen LogP contribution in [0.2, 0.25) is 0 Å². The van der Waals surface area contributed by atoms with Crippen molar-refractivity contribution in [3.05, 3.63) is 59.7 Å². The molecule has 0 aliphatic carbocycles. The summed E-state index contributed by atoms with van der Waals surface area (Å²) in [5, 5.41) is 7.49. The van der Waals surface area contributed by atoms with Crippen LogP contribution in [0, 0.1) is 0 Å². The first-order valence-corrected chi connectivity index (χ1v) is 8.46. The van der Waals surface area contributed by atoms with Crippen molar-refractivity contribution in [2.75, 3.05) is 25.6 Å². The number of fused-ring (bicyclic) bond motifs is 1. The maximum absolute atomic E-state index is 5.07. The molecule has 1 aliphatic heterocycles. The van der Waals surface area contributed by atoms with Crippen molar-refractivity contribution in [1.29, 1.82) is 0 Å². The molecular weight excluding hydrogens is 328 g/mol. The summed E-state index contributed by atoms with van der Waals surface area (Å²) in [6.45, 7) is 2.00. The zero-order valence-electron chi connectivity index (χ0n) is 14.8. The van der Waals surface area contributed by atoms with Crippen LogP contribution < -0.4 is 5.32 Å². The maximum atomic E-state index is 5.07. The monoisotopic (exact) mass is 348 g/mol. The molecule has 26 heavy (non-hydrogen) atoms. The van der Waals surface area contributed by atoms with Gasteiger partial charge in [-0.2, -0.15) is 5.10 Å². The third-order valence-electron chi connectivity index (χ3n) is 4.30. The van der Waals surface area contributed by atoms with Crippen molar-refractivity contribution < 1.29 is 4.74 Å². The van der Waals surface area contributed by atoms with Crippen LogP contribution in [0.15, 0.2) is 48.0 Å². The van der Waals surface area contributed by atoms with Crippen LogP contribution in [0.25, 0.3) is 11.3 Å². The van der Waals surface area contributed by atoms with E-state index in [9.17, 15) is 0 Å². The van der Waals surface area contributed by atoms with Gasteiger partial charge in [0.05, 0.1) is 30.8 Å². The van der Waals surface area contributed by atoms with Gasteiger partial charge in [-0.15, -0.1) is 0 Å². The molecule has 0 radical (unpaired) electrons. The van der Waals surface area contributed by atoms with Gasteiger partial charge in [0.15, 0.2) is 0 Å². The van der Waals surface area contributed by atoms with E-state index in [4.69, 9.17) is 9.73 Å². The van der Waals surface area contributed by atoms with Crippen molar-refractivity contribution in [1.82, 2.24) is 19.7 Å². The predicted octanol–water partition coefficient (Wildman–Crippen LogP) is 2.29. The summed E-state index contributed by atoms with van der Waals surface area (Å²) in [5.74, 6) is 0.817. The van der Waals surface area contributed by atoms with E-state index in [1.54, 1.807) is 18.0 Å². The predicted molar refractivity (Wildman–Crippen MR) is 100 cm³/mol. The van der Waals surface area contributed by atoms with Gasteiger partial charge in [-0.25, -0.2) is 4.98 Å². The Morgan fingerprint density at radius 3 is 2.92 bits per heavy atom. The second-order valence-corrected chi connectivity index (χ2v) is 6.14. The van der Waals surface area contributed by atoms with Crippen LogP contribution in [0.3, 0.4) is 0 Å². The lowest BCUT2D eigenvalue weighted by Gasteiger charge is -2.09. The molecule has 0 aromatic carbocycles. The molecule has 0 amide bonds. The molecule has 4 rings (SSSR count). The van der Waals surface area contributed by atoms with Crippen molar-refractivity contribution in [3.63, 3.8) is 0 Å². The Balaban J connectivity index is 1.64. The number of aryl methyl sites for hydroxylation is 1. The lowest BCUT2D eigenvalue weighted by atomic mass is 10.0. The van der Waals surface area contributed by atoms with Crippen LogP contribution in [0.4, 0.5) is 5.82 Å². The number of nitrogens with zero attached hydrogens (tertiary/aromatic N) is 5. The number of hydrogen-bond donors (Lipinski definition) is 1. The Bertz CT molecular complexity index is 962. The normalized spacial score (nSPS) is 12.8. The molecule has 3 aromatic heterocycles. The van der Waals surface area contributed by atoms with Gasteiger partial charge < -0.3 is 10.1 Å².